The summed E-state index contributed by atoms with van der Waals surface area (Å²) in [6, 6.07) is 17.2. The van der Waals surface area contributed by atoms with Gasteiger partial charge in [-0.15, -0.1) is 0 Å². The highest BCUT2D eigenvalue weighted by molar-refractivity contribution is 6.23. The topological polar surface area (TPSA) is 56.2 Å². The van der Waals surface area contributed by atoms with E-state index in [1.165, 1.54) is 4.90 Å². The summed E-state index contributed by atoms with van der Waals surface area (Å²) in [6.07, 6.45) is 0. The van der Waals surface area contributed by atoms with E-state index < -0.39 is 12.0 Å². The van der Waals surface area contributed by atoms with Gasteiger partial charge in [0.05, 0.1) is 12.3 Å². The number of hydrazone groups is 1. The zero-order chi connectivity index (χ0) is 19.1. The van der Waals surface area contributed by atoms with Crippen molar-refractivity contribution >= 4 is 23.2 Å². The largest absolute Gasteiger partial charge is 0.378 e. The van der Waals surface area contributed by atoms with Crippen molar-refractivity contribution in [2.45, 2.75) is 12.6 Å². The second-order valence-corrected chi connectivity index (χ2v) is 7.17. The number of likely N-dealkylation sites (N-methyl/N-ethyl adjacent to an activating group) is 1. The van der Waals surface area contributed by atoms with Crippen LogP contribution < -0.4 is 4.90 Å². The van der Waals surface area contributed by atoms with Crippen molar-refractivity contribution in [1.29, 1.82) is 0 Å². The van der Waals surface area contributed by atoms with Crippen LogP contribution in [-0.2, 0) is 16.1 Å². The lowest BCUT2D eigenvalue weighted by molar-refractivity contribution is -0.138. The first-order valence-electron chi connectivity index (χ1n) is 8.95. The van der Waals surface area contributed by atoms with E-state index in [0.717, 1.165) is 16.8 Å². The molecule has 0 aliphatic carbocycles. The number of imide groups is 1. The highest BCUT2D eigenvalue weighted by Crippen LogP contribution is 2.35. The smallest absolute Gasteiger partial charge is 0.254 e. The van der Waals surface area contributed by atoms with Gasteiger partial charge in [0.25, 0.3) is 5.91 Å². The molecule has 2 heterocycles. The van der Waals surface area contributed by atoms with E-state index in [1.54, 1.807) is 12.1 Å². The van der Waals surface area contributed by atoms with Gasteiger partial charge in [-0.2, -0.15) is 5.10 Å². The summed E-state index contributed by atoms with van der Waals surface area (Å²) in [6.45, 7) is 0.494. The van der Waals surface area contributed by atoms with Gasteiger partial charge in [-0.1, -0.05) is 42.5 Å². The quantitative estimate of drug-likeness (QED) is 0.780. The van der Waals surface area contributed by atoms with Crippen molar-refractivity contribution in [1.82, 2.24) is 9.91 Å². The summed E-state index contributed by atoms with van der Waals surface area (Å²) in [7, 11) is 5.51. The van der Waals surface area contributed by atoms with Gasteiger partial charge in [-0.05, 0) is 23.3 Å². The van der Waals surface area contributed by atoms with Crippen molar-refractivity contribution in [2.75, 3.05) is 26.0 Å². The van der Waals surface area contributed by atoms with Gasteiger partial charge in [-0.3, -0.25) is 19.5 Å². The number of rotatable bonds is 4. The molecule has 0 bridgehead atoms. The van der Waals surface area contributed by atoms with Crippen molar-refractivity contribution in [3.63, 3.8) is 0 Å². The number of hydrogen-bond donors (Lipinski definition) is 0. The Morgan fingerprint density at radius 3 is 2.26 bits per heavy atom. The SMILES string of the molecule is CN1C(=O)[C@H]2C(c3ccc(N(C)C)cc3)=NN(Cc3ccccc3)[C@@H]2C1=O. The second-order valence-electron chi connectivity index (χ2n) is 7.17. The third-order valence-corrected chi connectivity index (χ3v) is 5.21. The van der Waals surface area contributed by atoms with Gasteiger partial charge in [0.2, 0.25) is 5.91 Å². The van der Waals surface area contributed by atoms with Gasteiger partial charge in [0.15, 0.2) is 0 Å². The van der Waals surface area contributed by atoms with E-state index in [9.17, 15) is 9.59 Å². The summed E-state index contributed by atoms with van der Waals surface area (Å²) in [4.78, 5) is 28.7. The molecule has 6 heteroatoms. The van der Waals surface area contributed by atoms with Gasteiger partial charge in [0, 0.05) is 26.8 Å². The van der Waals surface area contributed by atoms with Gasteiger partial charge >= 0.3 is 0 Å². The molecule has 1 saturated heterocycles. The molecule has 4 rings (SSSR count). The summed E-state index contributed by atoms with van der Waals surface area (Å²) in [5, 5.41) is 6.48. The maximum Gasteiger partial charge on any atom is 0.254 e. The van der Waals surface area contributed by atoms with Crippen molar-refractivity contribution in [3.05, 3.63) is 65.7 Å². The van der Waals surface area contributed by atoms with Crippen molar-refractivity contribution in [3.8, 4) is 0 Å². The van der Waals surface area contributed by atoms with Gasteiger partial charge < -0.3 is 4.90 Å². The van der Waals surface area contributed by atoms with Gasteiger partial charge in [0.1, 0.15) is 12.0 Å². The highest BCUT2D eigenvalue weighted by atomic mass is 16.2. The van der Waals surface area contributed by atoms with Crippen LogP contribution in [0.3, 0.4) is 0 Å². The fourth-order valence-electron chi connectivity index (χ4n) is 3.69. The van der Waals surface area contributed by atoms with Crippen LogP contribution in [0, 0.1) is 5.92 Å². The number of anilines is 1. The van der Waals surface area contributed by atoms with E-state index in [4.69, 9.17) is 5.10 Å². The minimum absolute atomic E-state index is 0.184. The molecule has 2 aromatic rings. The zero-order valence-corrected chi connectivity index (χ0v) is 15.7. The molecule has 138 valence electrons. The maximum atomic E-state index is 12.7. The fraction of sp³-hybridized carbons (Fsp3) is 0.286. The molecule has 0 spiro atoms. The Kier molecular flexibility index (Phi) is 4.18. The Labute approximate surface area is 158 Å². The maximum absolute atomic E-state index is 12.7. The number of likely N-dealkylation sites (tertiary alicyclic amines) is 1. The summed E-state index contributed by atoms with van der Waals surface area (Å²) in [5.74, 6) is -0.919. The van der Waals surface area contributed by atoms with Crippen LogP contribution in [0.5, 0.6) is 0 Å². The predicted octanol–water partition coefficient (Wildman–Crippen LogP) is 1.96. The molecule has 2 aliphatic rings. The average Bonchev–Trinajstić information content (AvgIpc) is 3.15. The molecular formula is C21H22N4O2. The molecule has 0 N–H and O–H groups in total. The summed E-state index contributed by atoms with van der Waals surface area (Å²) in [5.41, 5.74) is 3.67. The number of carbonyl (C=O) groups excluding carboxylic acids is 2. The van der Waals surface area contributed by atoms with Crippen molar-refractivity contribution in [2.24, 2.45) is 11.0 Å². The molecule has 2 amide bonds. The fourth-order valence-corrected chi connectivity index (χ4v) is 3.69. The number of fused-ring (bicyclic) bond motifs is 1. The molecule has 1 fully saturated rings. The van der Waals surface area contributed by atoms with Crippen molar-refractivity contribution < 1.29 is 9.59 Å². The third-order valence-electron chi connectivity index (χ3n) is 5.21. The number of nitrogens with zero attached hydrogens (tertiary/aromatic N) is 4. The molecule has 0 radical (unpaired) electrons. The van der Waals surface area contributed by atoms with Crippen LogP contribution in [0.15, 0.2) is 59.7 Å². The first kappa shape index (κ1) is 17.3. The molecule has 0 unspecified atom stereocenters. The first-order valence-corrected chi connectivity index (χ1v) is 8.95. The Hall–Kier alpha value is -3.15. The third kappa shape index (κ3) is 2.87. The van der Waals surface area contributed by atoms with E-state index >= 15 is 0 Å². The van der Waals surface area contributed by atoms with E-state index in [0.29, 0.717) is 12.3 Å². The zero-order valence-electron chi connectivity index (χ0n) is 15.7. The first-order chi connectivity index (χ1) is 13.0. The lowest BCUT2D eigenvalue weighted by Gasteiger charge is -2.21. The highest BCUT2D eigenvalue weighted by Gasteiger charge is 2.55. The molecule has 0 aromatic heterocycles. The van der Waals surface area contributed by atoms with Crippen LogP contribution in [0.2, 0.25) is 0 Å². The predicted molar refractivity (Wildman–Crippen MR) is 104 cm³/mol. The Morgan fingerprint density at radius 1 is 0.963 bits per heavy atom. The lowest BCUT2D eigenvalue weighted by atomic mass is 9.92. The average molecular weight is 362 g/mol. The molecule has 2 aliphatic heterocycles. The van der Waals surface area contributed by atoms with Crippen LogP contribution in [0.4, 0.5) is 5.69 Å². The normalized spacial score (nSPS) is 21.5. The molecule has 27 heavy (non-hydrogen) atoms. The number of amides is 2. The van der Waals surface area contributed by atoms with Gasteiger partial charge in [-0.25, -0.2) is 0 Å². The minimum atomic E-state index is -0.564. The Morgan fingerprint density at radius 2 is 1.63 bits per heavy atom. The number of carbonyl (C=O) groups is 2. The molecule has 6 nitrogen and oxygen atoms in total. The Balaban J connectivity index is 1.71. The molecule has 2 aromatic carbocycles. The van der Waals surface area contributed by atoms with Crippen LogP contribution in [-0.4, -0.2) is 54.6 Å². The number of hydrogen-bond acceptors (Lipinski definition) is 5. The van der Waals surface area contributed by atoms with Crippen LogP contribution in [0.1, 0.15) is 11.1 Å². The molecule has 2 atom stereocenters. The standard InChI is InChI=1S/C21H22N4O2/c1-23(2)16-11-9-15(10-12-16)18-17-19(21(27)24(3)20(17)26)25(22-18)13-14-7-5-4-6-8-14/h4-12,17,19H,13H2,1-3H3/t17-,19-/m0/s1. The second kappa shape index (κ2) is 6.54. The van der Waals surface area contributed by atoms with E-state index in [1.807, 2.05) is 73.6 Å². The monoisotopic (exact) mass is 362 g/mol. The minimum Gasteiger partial charge on any atom is -0.378 e. The summed E-state index contributed by atoms with van der Waals surface area (Å²) >= 11 is 0. The van der Waals surface area contributed by atoms with Crippen LogP contribution >= 0.6 is 0 Å². The lowest BCUT2D eigenvalue weighted by Crippen LogP contribution is -2.37. The summed E-state index contributed by atoms with van der Waals surface area (Å²) < 4.78 is 0. The van der Waals surface area contributed by atoms with E-state index in [-0.39, 0.29) is 11.8 Å². The Bertz CT molecular complexity index is 906. The number of benzene rings is 2. The van der Waals surface area contributed by atoms with E-state index in [2.05, 4.69) is 0 Å². The van der Waals surface area contributed by atoms with Crippen LogP contribution in [0.25, 0.3) is 0 Å². The molecule has 0 saturated carbocycles. The molecular weight excluding hydrogens is 340 g/mol.